The highest BCUT2D eigenvalue weighted by molar-refractivity contribution is 6.31. The van der Waals surface area contributed by atoms with Crippen molar-refractivity contribution in [3.8, 4) is 11.3 Å². The lowest BCUT2D eigenvalue weighted by atomic mass is 9.93. The Kier molecular flexibility index (Phi) is 4.81. The van der Waals surface area contributed by atoms with E-state index in [9.17, 15) is 9.18 Å². The number of nitrogens with zero attached hydrogens (tertiary/aromatic N) is 1. The summed E-state index contributed by atoms with van der Waals surface area (Å²) in [5.41, 5.74) is 8.63. The normalized spacial score (nSPS) is 12.0. The van der Waals surface area contributed by atoms with Crippen molar-refractivity contribution in [2.75, 3.05) is 0 Å². The minimum atomic E-state index is -1.06. The molecular weight excluding hydrogens is 339 g/mol. The van der Waals surface area contributed by atoms with Crippen LogP contribution < -0.4 is 5.73 Å². The maximum absolute atomic E-state index is 14.3. The number of aryl methyl sites for hydroxylation is 1. The predicted molar refractivity (Wildman–Crippen MR) is 96.9 cm³/mol. The van der Waals surface area contributed by atoms with Gasteiger partial charge in [-0.15, -0.1) is 0 Å². The molecule has 0 bridgehead atoms. The quantitative estimate of drug-likeness (QED) is 0.751. The van der Waals surface area contributed by atoms with Crippen molar-refractivity contribution in [3.05, 3.63) is 88.3 Å². The molecule has 126 valence electrons. The smallest absolute Gasteiger partial charge is 0.231 e. The Morgan fingerprint density at radius 2 is 1.84 bits per heavy atom. The molecule has 1 unspecified atom stereocenters. The van der Waals surface area contributed by atoms with Gasteiger partial charge in [0.2, 0.25) is 5.91 Å². The number of hydrogen-bond acceptors (Lipinski definition) is 2. The van der Waals surface area contributed by atoms with E-state index < -0.39 is 17.6 Å². The van der Waals surface area contributed by atoms with Crippen LogP contribution in [0.15, 0.2) is 60.7 Å². The molecule has 1 heterocycles. The molecule has 2 aromatic carbocycles. The topological polar surface area (TPSA) is 56.0 Å². The molecule has 5 heteroatoms. The van der Waals surface area contributed by atoms with Gasteiger partial charge in [0.25, 0.3) is 0 Å². The Labute approximate surface area is 150 Å². The lowest BCUT2D eigenvalue weighted by molar-refractivity contribution is -0.118. The van der Waals surface area contributed by atoms with Gasteiger partial charge in [-0.05, 0) is 37.3 Å². The van der Waals surface area contributed by atoms with Crippen molar-refractivity contribution >= 4 is 17.5 Å². The Balaban J connectivity index is 2.13. The first-order chi connectivity index (χ1) is 12.0. The second kappa shape index (κ2) is 7.03. The molecule has 0 saturated carbocycles. The molecule has 0 aliphatic carbocycles. The highest BCUT2D eigenvalue weighted by Gasteiger charge is 2.27. The Bertz CT molecular complexity index is 922. The van der Waals surface area contributed by atoms with Crippen LogP contribution in [0.4, 0.5) is 4.39 Å². The van der Waals surface area contributed by atoms with E-state index in [1.165, 1.54) is 18.2 Å². The Morgan fingerprint density at radius 3 is 2.52 bits per heavy atom. The number of halogens is 2. The third-order valence-corrected chi connectivity index (χ3v) is 4.28. The minimum Gasteiger partial charge on any atom is -0.369 e. The molecule has 1 amide bonds. The van der Waals surface area contributed by atoms with Gasteiger partial charge in [-0.3, -0.25) is 9.78 Å². The molecule has 0 saturated heterocycles. The number of pyridine rings is 1. The number of aromatic nitrogens is 1. The number of benzene rings is 2. The Morgan fingerprint density at radius 1 is 1.12 bits per heavy atom. The maximum Gasteiger partial charge on any atom is 0.231 e. The molecule has 25 heavy (non-hydrogen) atoms. The second-order valence-electron chi connectivity index (χ2n) is 5.79. The van der Waals surface area contributed by atoms with Crippen LogP contribution in [-0.4, -0.2) is 10.9 Å². The average molecular weight is 355 g/mol. The fourth-order valence-corrected chi connectivity index (χ4v) is 3.07. The molecule has 0 aliphatic rings. The van der Waals surface area contributed by atoms with E-state index >= 15 is 0 Å². The van der Waals surface area contributed by atoms with Gasteiger partial charge in [-0.25, -0.2) is 4.39 Å². The van der Waals surface area contributed by atoms with Crippen molar-refractivity contribution in [3.63, 3.8) is 0 Å². The zero-order chi connectivity index (χ0) is 18.0. The number of primary amides is 1. The molecule has 1 atom stereocenters. The lowest BCUT2D eigenvalue weighted by Gasteiger charge is -2.16. The third-order valence-electron chi connectivity index (χ3n) is 3.95. The molecule has 1 aromatic heterocycles. The summed E-state index contributed by atoms with van der Waals surface area (Å²) in [5, 5.41) is 0.145. The van der Waals surface area contributed by atoms with Gasteiger partial charge < -0.3 is 5.73 Å². The lowest BCUT2D eigenvalue weighted by Crippen LogP contribution is -2.24. The molecule has 0 radical (unpaired) electrons. The number of hydrogen-bond donors (Lipinski definition) is 1. The third kappa shape index (κ3) is 3.54. The second-order valence-corrected chi connectivity index (χ2v) is 6.20. The van der Waals surface area contributed by atoms with Gasteiger partial charge in [-0.1, -0.05) is 47.5 Å². The summed E-state index contributed by atoms with van der Waals surface area (Å²) in [7, 11) is 0. The largest absolute Gasteiger partial charge is 0.369 e. The molecule has 0 spiro atoms. The fraction of sp³-hybridized carbons (Fsp3) is 0.100. The molecule has 3 nitrogen and oxygen atoms in total. The van der Waals surface area contributed by atoms with Crippen molar-refractivity contribution in [1.29, 1.82) is 0 Å². The van der Waals surface area contributed by atoms with E-state index in [1.54, 1.807) is 12.1 Å². The predicted octanol–water partition coefficient (Wildman–Crippen LogP) is 4.47. The van der Waals surface area contributed by atoms with Crippen LogP contribution in [0.3, 0.4) is 0 Å². The number of rotatable bonds is 4. The summed E-state index contributed by atoms with van der Waals surface area (Å²) < 4.78 is 14.3. The van der Waals surface area contributed by atoms with E-state index in [0.29, 0.717) is 11.4 Å². The zero-order valence-corrected chi connectivity index (χ0v) is 14.3. The van der Waals surface area contributed by atoms with Crippen molar-refractivity contribution in [1.82, 2.24) is 4.98 Å². The zero-order valence-electron chi connectivity index (χ0n) is 13.5. The Hall–Kier alpha value is -2.72. The van der Waals surface area contributed by atoms with Crippen LogP contribution in [-0.2, 0) is 4.79 Å². The van der Waals surface area contributed by atoms with Crippen LogP contribution in [0, 0.1) is 12.7 Å². The first kappa shape index (κ1) is 17.1. The number of amides is 1. The monoisotopic (exact) mass is 354 g/mol. The summed E-state index contributed by atoms with van der Waals surface area (Å²) in [5.74, 6) is -2.35. The summed E-state index contributed by atoms with van der Waals surface area (Å²) in [6.07, 6.45) is 0. The molecule has 3 aromatic rings. The highest BCUT2D eigenvalue weighted by atomic mass is 35.5. The van der Waals surface area contributed by atoms with E-state index in [2.05, 4.69) is 4.98 Å². The van der Waals surface area contributed by atoms with Gasteiger partial charge in [0, 0.05) is 16.1 Å². The van der Waals surface area contributed by atoms with Gasteiger partial charge in [0.15, 0.2) is 0 Å². The molecule has 0 fully saturated rings. The van der Waals surface area contributed by atoms with Crippen LogP contribution in [0.25, 0.3) is 11.3 Å². The minimum absolute atomic E-state index is 0.0468. The van der Waals surface area contributed by atoms with Crippen molar-refractivity contribution < 1.29 is 9.18 Å². The summed E-state index contributed by atoms with van der Waals surface area (Å²) in [6.45, 7) is 1.98. The molecular formula is C20H16ClFN2O. The standard InChI is InChI=1S/C20H16ClFN2O/c1-12-5-2-6-13(11-12)16-9-4-10-17(24-16)19(20(23)25)18-14(21)7-3-8-15(18)22/h2-11,19H,1H3,(H2,23,25). The van der Waals surface area contributed by atoms with Gasteiger partial charge in [0.1, 0.15) is 11.7 Å². The average Bonchev–Trinajstić information content (AvgIpc) is 2.58. The summed E-state index contributed by atoms with van der Waals surface area (Å²) in [6, 6.07) is 17.3. The van der Waals surface area contributed by atoms with Crippen LogP contribution in [0.2, 0.25) is 5.02 Å². The van der Waals surface area contributed by atoms with E-state index in [4.69, 9.17) is 17.3 Å². The highest BCUT2D eigenvalue weighted by Crippen LogP contribution is 2.32. The van der Waals surface area contributed by atoms with Gasteiger partial charge >= 0.3 is 0 Å². The van der Waals surface area contributed by atoms with Crippen molar-refractivity contribution in [2.24, 2.45) is 5.73 Å². The summed E-state index contributed by atoms with van der Waals surface area (Å²) in [4.78, 5) is 16.6. The van der Waals surface area contributed by atoms with E-state index in [-0.39, 0.29) is 10.6 Å². The molecule has 0 aliphatic heterocycles. The van der Waals surface area contributed by atoms with Crippen LogP contribution >= 0.6 is 11.6 Å². The first-order valence-corrected chi connectivity index (χ1v) is 8.12. The molecule has 3 rings (SSSR count). The first-order valence-electron chi connectivity index (χ1n) is 7.74. The van der Waals surface area contributed by atoms with E-state index in [0.717, 1.165) is 11.1 Å². The fourth-order valence-electron chi connectivity index (χ4n) is 2.80. The summed E-state index contributed by atoms with van der Waals surface area (Å²) >= 11 is 6.12. The number of nitrogens with two attached hydrogens (primary N) is 1. The van der Waals surface area contributed by atoms with E-state index in [1.807, 2.05) is 37.3 Å². The van der Waals surface area contributed by atoms with Crippen LogP contribution in [0.1, 0.15) is 22.7 Å². The molecule has 2 N–H and O–H groups in total. The van der Waals surface area contributed by atoms with Crippen molar-refractivity contribution in [2.45, 2.75) is 12.8 Å². The van der Waals surface area contributed by atoms with Gasteiger partial charge in [0.05, 0.1) is 11.4 Å². The maximum atomic E-state index is 14.3. The van der Waals surface area contributed by atoms with Crippen LogP contribution in [0.5, 0.6) is 0 Å². The van der Waals surface area contributed by atoms with Gasteiger partial charge in [-0.2, -0.15) is 0 Å². The number of carbonyl (C=O) groups is 1. The number of carbonyl (C=O) groups excluding carboxylic acids is 1. The SMILES string of the molecule is Cc1cccc(-c2cccc(C(C(N)=O)c3c(F)cccc3Cl)n2)c1.